The average Bonchev–Trinajstić information content (AvgIpc) is 2.79. The van der Waals surface area contributed by atoms with E-state index >= 15 is 0 Å². The summed E-state index contributed by atoms with van der Waals surface area (Å²) in [6.45, 7) is -0.0782. The van der Waals surface area contributed by atoms with Gasteiger partial charge < -0.3 is 9.47 Å². The van der Waals surface area contributed by atoms with Crippen molar-refractivity contribution in [2.45, 2.75) is 18.8 Å². The van der Waals surface area contributed by atoms with Crippen molar-refractivity contribution in [3.63, 3.8) is 0 Å². The Labute approximate surface area is 169 Å². The molecule has 1 aliphatic rings. The molecule has 1 saturated heterocycles. The standard InChI is InChI=1S/C24H21NO4/c26-21-17-28-23(20-14-8-3-9-15-20)22(19-12-6-2-7-13-19)25(21)24(27)29-16-18-10-4-1-5-11-18/h1-15,22-23H,16-17H2. The molecule has 29 heavy (non-hydrogen) atoms. The van der Waals surface area contributed by atoms with Crippen LogP contribution in [-0.2, 0) is 20.9 Å². The van der Waals surface area contributed by atoms with Crippen molar-refractivity contribution >= 4 is 12.0 Å². The quantitative estimate of drug-likeness (QED) is 0.653. The third-order valence-corrected chi connectivity index (χ3v) is 4.89. The number of hydrogen-bond acceptors (Lipinski definition) is 4. The molecule has 3 aromatic rings. The number of rotatable bonds is 4. The highest BCUT2D eigenvalue weighted by molar-refractivity contribution is 5.94. The van der Waals surface area contributed by atoms with Crippen molar-refractivity contribution in [1.29, 1.82) is 0 Å². The van der Waals surface area contributed by atoms with Crippen LogP contribution >= 0.6 is 0 Å². The van der Waals surface area contributed by atoms with Gasteiger partial charge in [-0.05, 0) is 16.7 Å². The van der Waals surface area contributed by atoms with Gasteiger partial charge in [-0.25, -0.2) is 9.69 Å². The molecule has 0 radical (unpaired) electrons. The van der Waals surface area contributed by atoms with Gasteiger partial charge in [0.15, 0.2) is 0 Å². The molecule has 2 unspecified atom stereocenters. The molecule has 2 amide bonds. The first kappa shape index (κ1) is 18.9. The predicted molar refractivity (Wildman–Crippen MR) is 108 cm³/mol. The van der Waals surface area contributed by atoms with Crippen molar-refractivity contribution in [3.8, 4) is 0 Å². The molecule has 3 aromatic carbocycles. The molecule has 5 nitrogen and oxygen atoms in total. The van der Waals surface area contributed by atoms with E-state index in [4.69, 9.17) is 9.47 Å². The monoisotopic (exact) mass is 387 g/mol. The number of imide groups is 1. The van der Waals surface area contributed by atoms with Crippen LogP contribution < -0.4 is 0 Å². The minimum absolute atomic E-state index is 0.0990. The fourth-order valence-electron chi connectivity index (χ4n) is 3.51. The minimum atomic E-state index is -0.670. The summed E-state index contributed by atoms with van der Waals surface area (Å²) < 4.78 is 11.4. The van der Waals surface area contributed by atoms with E-state index in [1.165, 1.54) is 4.90 Å². The molecule has 0 aliphatic carbocycles. The third kappa shape index (κ3) is 4.20. The highest BCUT2D eigenvalue weighted by Crippen LogP contribution is 2.40. The Kier molecular flexibility index (Phi) is 5.68. The molecule has 146 valence electrons. The largest absolute Gasteiger partial charge is 0.444 e. The van der Waals surface area contributed by atoms with Crippen LogP contribution in [0.25, 0.3) is 0 Å². The van der Waals surface area contributed by atoms with Crippen molar-refractivity contribution in [1.82, 2.24) is 4.90 Å². The van der Waals surface area contributed by atoms with Gasteiger partial charge in [-0.2, -0.15) is 0 Å². The first-order valence-corrected chi connectivity index (χ1v) is 9.48. The van der Waals surface area contributed by atoms with E-state index in [9.17, 15) is 9.59 Å². The zero-order valence-corrected chi connectivity index (χ0v) is 15.8. The Balaban J connectivity index is 1.65. The van der Waals surface area contributed by atoms with E-state index < -0.39 is 24.1 Å². The number of hydrogen-bond donors (Lipinski definition) is 0. The molecule has 0 saturated carbocycles. The van der Waals surface area contributed by atoms with Gasteiger partial charge in [0.2, 0.25) is 0 Å². The number of ether oxygens (including phenoxy) is 2. The Morgan fingerprint density at radius 2 is 1.41 bits per heavy atom. The average molecular weight is 387 g/mol. The van der Waals surface area contributed by atoms with E-state index in [-0.39, 0.29) is 13.2 Å². The van der Waals surface area contributed by atoms with Gasteiger partial charge >= 0.3 is 6.09 Å². The molecule has 5 heteroatoms. The van der Waals surface area contributed by atoms with E-state index in [1.54, 1.807) is 0 Å². The Morgan fingerprint density at radius 1 is 0.862 bits per heavy atom. The molecule has 0 aromatic heterocycles. The lowest BCUT2D eigenvalue weighted by molar-refractivity contribution is -0.154. The molecule has 0 spiro atoms. The molecule has 4 rings (SSSR count). The highest BCUT2D eigenvalue weighted by atomic mass is 16.6. The Morgan fingerprint density at radius 3 is 2.03 bits per heavy atom. The number of amides is 2. The van der Waals surface area contributed by atoms with Crippen LogP contribution in [-0.4, -0.2) is 23.5 Å². The summed E-state index contributed by atoms with van der Waals surface area (Å²) in [5, 5.41) is 0. The number of benzene rings is 3. The van der Waals surface area contributed by atoms with Gasteiger partial charge in [0, 0.05) is 0 Å². The fourth-order valence-corrected chi connectivity index (χ4v) is 3.51. The summed E-state index contributed by atoms with van der Waals surface area (Å²) in [5.41, 5.74) is 2.57. The van der Waals surface area contributed by atoms with E-state index in [0.29, 0.717) is 0 Å². The van der Waals surface area contributed by atoms with Crippen molar-refractivity contribution in [2.75, 3.05) is 6.61 Å². The van der Waals surface area contributed by atoms with Crippen LogP contribution in [0.2, 0.25) is 0 Å². The van der Waals surface area contributed by atoms with Gasteiger partial charge in [0.1, 0.15) is 19.3 Å². The maximum atomic E-state index is 13.0. The van der Waals surface area contributed by atoms with E-state index in [2.05, 4.69) is 0 Å². The number of morpholine rings is 1. The summed E-state index contributed by atoms with van der Waals surface area (Å²) in [6.07, 6.45) is -1.14. The first-order chi connectivity index (χ1) is 14.2. The van der Waals surface area contributed by atoms with Crippen LogP contribution in [0.4, 0.5) is 4.79 Å². The normalized spacial score (nSPS) is 19.0. The number of carbonyl (C=O) groups is 2. The second-order valence-electron chi connectivity index (χ2n) is 6.80. The van der Waals surface area contributed by atoms with E-state index in [1.807, 2.05) is 91.0 Å². The van der Waals surface area contributed by atoms with E-state index in [0.717, 1.165) is 16.7 Å². The second kappa shape index (κ2) is 8.71. The zero-order valence-electron chi connectivity index (χ0n) is 15.8. The minimum Gasteiger partial charge on any atom is -0.444 e. The molecular weight excluding hydrogens is 366 g/mol. The lowest BCUT2D eigenvalue weighted by atomic mass is 9.93. The summed E-state index contributed by atoms with van der Waals surface area (Å²) in [6, 6.07) is 27.8. The topological polar surface area (TPSA) is 55.8 Å². The fraction of sp³-hybridized carbons (Fsp3) is 0.167. The zero-order chi connectivity index (χ0) is 20.1. The summed E-state index contributed by atoms with van der Waals surface area (Å²) in [5.74, 6) is -0.413. The van der Waals surface area contributed by atoms with Crippen LogP contribution in [0.15, 0.2) is 91.0 Å². The molecular formula is C24H21NO4. The Hall–Kier alpha value is -3.44. The SMILES string of the molecule is O=C1COC(c2ccccc2)C(c2ccccc2)N1C(=O)OCc1ccccc1. The van der Waals surface area contributed by atoms with Crippen LogP contribution in [0.3, 0.4) is 0 Å². The maximum absolute atomic E-state index is 13.0. The van der Waals surface area contributed by atoms with Gasteiger partial charge in [-0.1, -0.05) is 91.0 Å². The van der Waals surface area contributed by atoms with Crippen LogP contribution in [0.1, 0.15) is 28.8 Å². The second-order valence-corrected chi connectivity index (χ2v) is 6.80. The van der Waals surface area contributed by atoms with Gasteiger partial charge in [0.25, 0.3) is 5.91 Å². The van der Waals surface area contributed by atoms with Crippen molar-refractivity contribution in [2.24, 2.45) is 0 Å². The molecule has 1 fully saturated rings. The molecule has 1 aliphatic heterocycles. The van der Waals surface area contributed by atoms with Gasteiger partial charge in [-0.3, -0.25) is 4.79 Å². The smallest absolute Gasteiger partial charge is 0.417 e. The van der Waals surface area contributed by atoms with Crippen LogP contribution in [0, 0.1) is 0 Å². The molecule has 0 N–H and O–H groups in total. The highest BCUT2D eigenvalue weighted by Gasteiger charge is 2.43. The predicted octanol–water partition coefficient (Wildman–Crippen LogP) is 4.66. The van der Waals surface area contributed by atoms with Crippen molar-refractivity contribution < 1.29 is 19.1 Å². The first-order valence-electron chi connectivity index (χ1n) is 9.48. The molecule has 0 bridgehead atoms. The number of carbonyl (C=O) groups excluding carboxylic acids is 2. The lowest BCUT2D eigenvalue weighted by Gasteiger charge is -2.39. The lowest BCUT2D eigenvalue weighted by Crippen LogP contribution is -2.49. The summed E-state index contributed by atoms with van der Waals surface area (Å²) in [7, 11) is 0. The third-order valence-electron chi connectivity index (χ3n) is 4.89. The van der Waals surface area contributed by atoms with Crippen molar-refractivity contribution in [3.05, 3.63) is 108 Å². The maximum Gasteiger partial charge on any atom is 0.417 e. The molecule has 2 atom stereocenters. The number of nitrogens with zero attached hydrogens (tertiary/aromatic N) is 1. The molecule has 1 heterocycles. The van der Waals surface area contributed by atoms with Gasteiger partial charge in [0.05, 0.1) is 6.04 Å². The summed E-state index contributed by atoms with van der Waals surface area (Å²) in [4.78, 5) is 26.9. The van der Waals surface area contributed by atoms with Crippen LogP contribution in [0.5, 0.6) is 0 Å². The summed E-state index contributed by atoms with van der Waals surface area (Å²) >= 11 is 0. The Bertz CT molecular complexity index is 960. The van der Waals surface area contributed by atoms with Gasteiger partial charge in [-0.15, -0.1) is 0 Å².